The summed E-state index contributed by atoms with van der Waals surface area (Å²) in [5.41, 5.74) is 8.53. The van der Waals surface area contributed by atoms with Crippen LogP contribution in [0.3, 0.4) is 0 Å². The number of aliphatic imine (C=N–C) groups is 2. The summed E-state index contributed by atoms with van der Waals surface area (Å²) in [5, 5.41) is 4.87. The molecule has 1 atom stereocenters. The first-order valence-corrected chi connectivity index (χ1v) is 15.5. The minimum absolute atomic E-state index is 0.480. The molecule has 9 rings (SSSR count). The first-order valence-electron chi connectivity index (χ1n) is 15.5. The molecule has 45 heavy (non-hydrogen) atoms. The fraction of sp³-hybridized carbons (Fsp3) is 0.0732. The first-order chi connectivity index (χ1) is 22.2. The summed E-state index contributed by atoms with van der Waals surface area (Å²) in [6, 6.07) is 53.9. The van der Waals surface area contributed by atoms with E-state index >= 15 is 0 Å². The van der Waals surface area contributed by atoms with Crippen molar-refractivity contribution in [2.45, 2.75) is 18.9 Å². The molecule has 2 aromatic heterocycles. The Kier molecular flexibility index (Phi) is 5.66. The van der Waals surface area contributed by atoms with Gasteiger partial charge in [-0.2, -0.15) is 0 Å². The lowest BCUT2D eigenvalue weighted by Gasteiger charge is -2.31. The third-order valence-electron chi connectivity index (χ3n) is 9.29. The predicted octanol–water partition coefficient (Wildman–Crippen LogP) is 9.90. The molecule has 0 N–H and O–H groups in total. The highest BCUT2D eigenvalue weighted by Crippen LogP contribution is 2.38. The van der Waals surface area contributed by atoms with Gasteiger partial charge in [0, 0.05) is 33.7 Å². The van der Waals surface area contributed by atoms with E-state index in [0.717, 1.165) is 28.0 Å². The smallest absolute Gasteiger partial charge is 0.231 e. The van der Waals surface area contributed by atoms with Crippen LogP contribution >= 0.6 is 0 Å². The van der Waals surface area contributed by atoms with E-state index in [1.54, 1.807) is 0 Å². The molecule has 8 aromatic rings. The van der Waals surface area contributed by atoms with Crippen LogP contribution in [0.15, 0.2) is 162 Å². The van der Waals surface area contributed by atoms with Crippen molar-refractivity contribution in [1.29, 1.82) is 0 Å². The summed E-state index contributed by atoms with van der Waals surface area (Å²) < 4.78 is 4.65. The Morgan fingerprint density at radius 1 is 0.511 bits per heavy atom. The van der Waals surface area contributed by atoms with Gasteiger partial charge in [0.15, 0.2) is 0 Å². The maximum Gasteiger partial charge on any atom is 0.231 e. The summed E-state index contributed by atoms with van der Waals surface area (Å²) in [7, 11) is 0. The van der Waals surface area contributed by atoms with E-state index in [-0.39, 0.29) is 0 Å². The topological polar surface area (TPSA) is 34.6 Å². The third kappa shape index (κ3) is 3.99. The number of fused-ring (bicyclic) bond motifs is 6. The molecule has 0 bridgehead atoms. The zero-order valence-electron chi connectivity index (χ0n) is 24.9. The molecule has 4 nitrogen and oxygen atoms in total. The van der Waals surface area contributed by atoms with Crippen LogP contribution in [0, 0.1) is 0 Å². The highest BCUT2D eigenvalue weighted by Gasteiger charge is 2.34. The van der Waals surface area contributed by atoms with Crippen molar-refractivity contribution in [2.75, 3.05) is 0 Å². The van der Waals surface area contributed by atoms with Crippen molar-refractivity contribution in [3.63, 3.8) is 0 Å². The molecular formula is C41H30N4. The van der Waals surface area contributed by atoms with Gasteiger partial charge in [0.25, 0.3) is 0 Å². The Morgan fingerprint density at radius 2 is 1.02 bits per heavy atom. The van der Waals surface area contributed by atoms with Crippen LogP contribution in [0.5, 0.6) is 0 Å². The monoisotopic (exact) mass is 578 g/mol. The molecule has 0 saturated carbocycles. The first kappa shape index (κ1) is 25.7. The predicted molar refractivity (Wildman–Crippen MR) is 188 cm³/mol. The minimum Gasteiger partial charge on any atom is -0.309 e. The van der Waals surface area contributed by atoms with E-state index in [4.69, 9.17) is 9.98 Å². The molecule has 1 unspecified atom stereocenters. The molecule has 6 aromatic carbocycles. The van der Waals surface area contributed by atoms with Gasteiger partial charge in [-0.25, -0.2) is 9.98 Å². The molecule has 0 radical (unpaired) electrons. The molecule has 0 fully saturated rings. The zero-order valence-corrected chi connectivity index (χ0v) is 24.9. The number of para-hydroxylation sites is 3. The van der Waals surface area contributed by atoms with Gasteiger partial charge in [-0.15, -0.1) is 0 Å². The van der Waals surface area contributed by atoms with Crippen molar-refractivity contribution in [3.05, 3.63) is 163 Å². The Labute approximate surface area is 261 Å². The maximum atomic E-state index is 5.48. The fourth-order valence-electron chi connectivity index (χ4n) is 7.15. The molecule has 3 heterocycles. The molecule has 1 aliphatic heterocycles. The average Bonchev–Trinajstić information content (AvgIpc) is 3.61. The van der Waals surface area contributed by atoms with Crippen LogP contribution < -0.4 is 0 Å². The van der Waals surface area contributed by atoms with Crippen LogP contribution in [0.2, 0.25) is 0 Å². The Balaban J connectivity index is 1.34. The van der Waals surface area contributed by atoms with Crippen LogP contribution in [-0.4, -0.2) is 20.8 Å². The molecule has 0 saturated heterocycles. The van der Waals surface area contributed by atoms with Gasteiger partial charge in [0.05, 0.1) is 33.3 Å². The average molecular weight is 579 g/mol. The lowest BCUT2D eigenvalue weighted by Crippen LogP contribution is -2.32. The normalized spacial score (nSPS) is 16.8. The molecule has 0 amide bonds. The van der Waals surface area contributed by atoms with Gasteiger partial charge in [0.2, 0.25) is 5.96 Å². The van der Waals surface area contributed by atoms with Crippen LogP contribution in [0.4, 0.5) is 0 Å². The number of nitrogens with zero attached hydrogens (tertiary/aromatic N) is 4. The van der Waals surface area contributed by atoms with Crippen LogP contribution in [-0.2, 0) is 5.54 Å². The number of benzene rings is 6. The summed E-state index contributed by atoms with van der Waals surface area (Å²) in [4.78, 5) is 10.8. The van der Waals surface area contributed by atoms with Crippen LogP contribution in [0.25, 0.3) is 49.3 Å². The highest BCUT2D eigenvalue weighted by atomic mass is 15.2. The second-order valence-electron chi connectivity index (χ2n) is 12.1. The van der Waals surface area contributed by atoms with E-state index in [2.05, 4.69) is 168 Å². The van der Waals surface area contributed by atoms with Gasteiger partial charge in [-0.1, -0.05) is 121 Å². The van der Waals surface area contributed by atoms with Gasteiger partial charge in [0.1, 0.15) is 0 Å². The van der Waals surface area contributed by atoms with E-state index in [1.807, 2.05) is 0 Å². The molecule has 1 aliphatic rings. The van der Waals surface area contributed by atoms with Crippen molar-refractivity contribution >= 4 is 55.3 Å². The Morgan fingerprint density at radius 3 is 1.64 bits per heavy atom. The van der Waals surface area contributed by atoms with E-state index in [9.17, 15) is 0 Å². The zero-order chi connectivity index (χ0) is 30.0. The van der Waals surface area contributed by atoms with Gasteiger partial charge >= 0.3 is 0 Å². The van der Waals surface area contributed by atoms with Gasteiger partial charge < -0.3 is 4.57 Å². The van der Waals surface area contributed by atoms with Crippen LogP contribution in [0.1, 0.15) is 24.5 Å². The van der Waals surface area contributed by atoms with Gasteiger partial charge in [-0.05, 0) is 48.4 Å². The molecule has 214 valence electrons. The van der Waals surface area contributed by atoms with Crippen molar-refractivity contribution in [2.24, 2.45) is 9.98 Å². The summed E-state index contributed by atoms with van der Waals surface area (Å²) in [5.74, 6) is 0.706. The van der Waals surface area contributed by atoms with E-state index < -0.39 is 5.54 Å². The number of hydrogen-bond donors (Lipinski definition) is 0. The maximum absolute atomic E-state index is 5.48. The lowest BCUT2D eigenvalue weighted by atomic mass is 9.85. The lowest BCUT2D eigenvalue weighted by molar-refractivity contribution is 0.512. The third-order valence-corrected chi connectivity index (χ3v) is 9.29. The Hall–Kier alpha value is -5.74. The quantitative estimate of drug-likeness (QED) is 0.200. The highest BCUT2D eigenvalue weighted by molar-refractivity contribution is 6.18. The SMILES string of the molecule is CC1(c2ccccc2)CC(c2ccccc2)=NC(n2c3ccccc3c3ccc(-n4c5ccccc5c5ccccc54)cc32)=N1. The second kappa shape index (κ2) is 9.90. The molecule has 0 spiro atoms. The molecular weight excluding hydrogens is 548 g/mol. The fourth-order valence-corrected chi connectivity index (χ4v) is 7.15. The largest absolute Gasteiger partial charge is 0.309 e. The Bertz CT molecular complexity index is 2410. The molecule has 0 aliphatic carbocycles. The summed E-state index contributed by atoms with van der Waals surface area (Å²) >= 11 is 0. The number of aromatic nitrogens is 2. The summed E-state index contributed by atoms with van der Waals surface area (Å²) in [6.45, 7) is 2.23. The van der Waals surface area contributed by atoms with Crippen molar-refractivity contribution < 1.29 is 0 Å². The van der Waals surface area contributed by atoms with Crippen molar-refractivity contribution in [3.8, 4) is 5.69 Å². The number of rotatable bonds is 3. The molecule has 4 heteroatoms. The second-order valence-corrected chi connectivity index (χ2v) is 12.1. The van der Waals surface area contributed by atoms with Crippen molar-refractivity contribution in [1.82, 2.24) is 9.13 Å². The van der Waals surface area contributed by atoms with Gasteiger partial charge in [-0.3, -0.25) is 4.57 Å². The standard InChI is InChI=1S/C41H30N4/c1-41(29-16-6-3-7-17-29)27-35(28-14-4-2-5-15-28)42-40(43-41)45-38-23-13-10-20-33(38)34-25-24-30(26-39(34)45)44-36-21-11-8-18-31(36)32-19-9-12-22-37(32)44/h2-26H,27H2,1H3. The number of hydrogen-bond acceptors (Lipinski definition) is 2. The summed E-state index contributed by atoms with van der Waals surface area (Å²) in [6.07, 6.45) is 0.717. The van der Waals surface area contributed by atoms with E-state index in [1.165, 1.54) is 38.1 Å². The van der Waals surface area contributed by atoms with E-state index in [0.29, 0.717) is 12.4 Å². The minimum atomic E-state index is -0.480.